The molecule has 0 radical (unpaired) electrons. The highest BCUT2D eigenvalue weighted by molar-refractivity contribution is 6.18. The number of carbonyl (C=O) groups is 1. The summed E-state index contributed by atoms with van der Waals surface area (Å²) in [6.45, 7) is 3.12. The van der Waals surface area contributed by atoms with Crippen molar-refractivity contribution in [3.63, 3.8) is 0 Å². The van der Waals surface area contributed by atoms with Crippen LogP contribution in [0.25, 0.3) is 0 Å². The van der Waals surface area contributed by atoms with Crippen LogP contribution in [0.4, 0.5) is 0 Å². The van der Waals surface area contributed by atoms with Gasteiger partial charge in [0.1, 0.15) is 0 Å². The summed E-state index contributed by atoms with van der Waals surface area (Å²) in [4.78, 5) is 11.7. The Morgan fingerprint density at radius 2 is 1.60 bits per heavy atom. The molecule has 0 aromatic heterocycles. The molecule has 0 heterocycles. The maximum atomic E-state index is 11.7. The molecule has 3 nitrogen and oxygen atoms in total. The molecule has 0 spiro atoms. The predicted octanol–water partition coefficient (Wildman–Crippen LogP) is 5.82. The van der Waals surface area contributed by atoms with Gasteiger partial charge in [0.2, 0.25) is 0 Å². The van der Waals surface area contributed by atoms with Gasteiger partial charge in [-0.05, 0) is 25.3 Å². The molecule has 0 saturated heterocycles. The fourth-order valence-corrected chi connectivity index (χ4v) is 2.74. The summed E-state index contributed by atoms with van der Waals surface area (Å²) in [5.74, 6) is 0.436. The lowest BCUT2D eigenvalue weighted by atomic mass is 10.0. The lowest BCUT2D eigenvalue weighted by Crippen LogP contribution is -2.17. The second kappa shape index (κ2) is 19.9. The highest BCUT2D eigenvalue weighted by Gasteiger charge is 2.00. The van der Waals surface area contributed by atoms with Gasteiger partial charge in [-0.1, -0.05) is 70.8 Å². The van der Waals surface area contributed by atoms with Gasteiger partial charge in [-0.3, -0.25) is 4.79 Å². The van der Waals surface area contributed by atoms with Crippen molar-refractivity contribution in [2.75, 3.05) is 19.1 Å². The number of aliphatic hydroxyl groups is 1. The Labute approximate surface area is 160 Å². The fourth-order valence-electron chi connectivity index (χ4n) is 2.65. The number of halogens is 1. The molecule has 0 saturated carbocycles. The SMILES string of the molecule is CCCCCCCCCCCCC(=O)/C=C/CCCOC[C@@H](O)CCl. The number of carbonyl (C=O) groups excluding carboxylic acids is 1. The van der Waals surface area contributed by atoms with Gasteiger partial charge in [-0.15, -0.1) is 11.6 Å². The minimum Gasteiger partial charge on any atom is -0.389 e. The molecule has 0 aliphatic heterocycles. The van der Waals surface area contributed by atoms with Crippen molar-refractivity contribution in [1.29, 1.82) is 0 Å². The van der Waals surface area contributed by atoms with Crippen LogP contribution in [0.5, 0.6) is 0 Å². The van der Waals surface area contributed by atoms with Gasteiger partial charge < -0.3 is 9.84 Å². The lowest BCUT2D eigenvalue weighted by Gasteiger charge is -2.06. The van der Waals surface area contributed by atoms with E-state index >= 15 is 0 Å². The highest BCUT2D eigenvalue weighted by atomic mass is 35.5. The first-order valence-corrected chi connectivity index (χ1v) is 10.7. The fraction of sp³-hybridized carbons (Fsp3) is 0.857. The van der Waals surface area contributed by atoms with Crippen LogP contribution in [0.1, 0.15) is 90.4 Å². The topological polar surface area (TPSA) is 46.5 Å². The van der Waals surface area contributed by atoms with E-state index in [2.05, 4.69) is 6.92 Å². The number of rotatable bonds is 19. The minimum atomic E-state index is -0.583. The molecule has 0 aliphatic rings. The van der Waals surface area contributed by atoms with Crippen molar-refractivity contribution in [3.05, 3.63) is 12.2 Å². The summed E-state index contributed by atoms with van der Waals surface area (Å²) < 4.78 is 5.28. The van der Waals surface area contributed by atoms with Crippen molar-refractivity contribution >= 4 is 17.4 Å². The van der Waals surface area contributed by atoms with E-state index < -0.39 is 6.10 Å². The van der Waals surface area contributed by atoms with Gasteiger partial charge in [0.05, 0.1) is 18.6 Å². The maximum absolute atomic E-state index is 11.7. The second-order valence-corrected chi connectivity index (χ2v) is 7.13. The van der Waals surface area contributed by atoms with Gasteiger partial charge >= 0.3 is 0 Å². The number of alkyl halides is 1. The number of hydrogen-bond donors (Lipinski definition) is 1. The molecule has 25 heavy (non-hydrogen) atoms. The molecule has 1 atom stereocenters. The molecular formula is C21H39ClO3. The molecular weight excluding hydrogens is 336 g/mol. The molecule has 0 unspecified atom stereocenters. The second-order valence-electron chi connectivity index (χ2n) is 6.83. The Balaban J connectivity index is 3.29. The summed E-state index contributed by atoms with van der Waals surface area (Å²) in [7, 11) is 0. The van der Waals surface area contributed by atoms with E-state index in [9.17, 15) is 9.90 Å². The van der Waals surface area contributed by atoms with Gasteiger partial charge in [0, 0.05) is 13.0 Å². The monoisotopic (exact) mass is 374 g/mol. The van der Waals surface area contributed by atoms with Gasteiger partial charge in [0.25, 0.3) is 0 Å². The number of hydrogen-bond acceptors (Lipinski definition) is 3. The number of aliphatic hydroxyl groups excluding tert-OH is 1. The zero-order chi connectivity index (χ0) is 18.6. The van der Waals surface area contributed by atoms with E-state index in [4.69, 9.17) is 16.3 Å². The van der Waals surface area contributed by atoms with Gasteiger partial charge in [0.15, 0.2) is 5.78 Å². The van der Waals surface area contributed by atoms with E-state index in [0.717, 1.165) is 19.3 Å². The molecule has 4 heteroatoms. The number of allylic oxidation sites excluding steroid dienone is 2. The molecule has 0 amide bonds. The third-order valence-corrected chi connectivity index (χ3v) is 4.58. The van der Waals surface area contributed by atoms with Crippen molar-refractivity contribution < 1.29 is 14.6 Å². The molecule has 0 aromatic carbocycles. The Morgan fingerprint density at radius 1 is 1.00 bits per heavy atom. The van der Waals surface area contributed by atoms with E-state index in [1.807, 2.05) is 6.08 Å². The van der Waals surface area contributed by atoms with Crippen LogP contribution in [-0.4, -0.2) is 36.1 Å². The van der Waals surface area contributed by atoms with Crippen molar-refractivity contribution in [3.8, 4) is 0 Å². The van der Waals surface area contributed by atoms with E-state index in [1.165, 1.54) is 57.8 Å². The van der Waals surface area contributed by atoms with Crippen molar-refractivity contribution in [2.45, 2.75) is 96.5 Å². The van der Waals surface area contributed by atoms with Crippen LogP contribution in [0.2, 0.25) is 0 Å². The maximum Gasteiger partial charge on any atom is 0.155 e. The first kappa shape index (κ1) is 24.6. The first-order chi connectivity index (χ1) is 12.2. The third-order valence-electron chi connectivity index (χ3n) is 4.23. The summed E-state index contributed by atoms with van der Waals surface area (Å²) in [5.41, 5.74) is 0. The zero-order valence-corrected chi connectivity index (χ0v) is 16.9. The number of ketones is 1. The Hall–Kier alpha value is -0.380. The number of unbranched alkanes of at least 4 members (excludes halogenated alkanes) is 10. The van der Waals surface area contributed by atoms with Crippen LogP contribution in [0.3, 0.4) is 0 Å². The van der Waals surface area contributed by atoms with Crippen LogP contribution < -0.4 is 0 Å². The van der Waals surface area contributed by atoms with Crippen molar-refractivity contribution in [1.82, 2.24) is 0 Å². The van der Waals surface area contributed by atoms with Crippen LogP contribution >= 0.6 is 11.6 Å². The number of ether oxygens (including phenoxy) is 1. The molecule has 0 aromatic rings. The van der Waals surface area contributed by atoms with Gasteiger partial charge in [-0.2, -0.15) is 0 Å². The van der Waals surface area contributed by atoms with E-state index in [1.54, 1.807) is 6.08 Å². The van der Waals surface area contributed by atoms with Crippen molar-refractivity contribution in [2.24, 2.45) is 0 Å². The van der Waals surface area contributed by atoms with E-state index in [0.29, 0.717) is 13.0 Å². The quantitative estimate of drug-likeness (QED) is 0.176. The summed E-state index contributed by atoms with van der Waals surface area (Å²) >= 11 is 5.47. The van der Waals surface area contributed by atoms with Crippen LogP contribution in [0, 0.1) is 0 Å². The summed E-state index contributed by atoms with van der Waals surface area (Å²) in [5, 5.41) is 9.21. The third kappa shape index (κ3) is 19.8. The minimum absolute atomic E-state index is 0.202. The van der Waals surface area contributed by atoms with Crippen LogP contribution in [0.15, 0.2) is 12.2 Å². The first-order valence-electron chi connectivity index (χ1n) is 10.2. The Bertz CT molecular complexity index is 318. The standard InChI is InChI=1S/C21H39ClO3/c1-2-3-4-5-6-7-8-9-10-12-15-20(23)16-13-11-14-17-25-19-21(24)18-22/h13,16,21,24H,2-12,14-15,17-19H2,1H3/b16-13+/t21-/m0/s1. The zero-order valence-electron chi connectivity index (χ0n) is 16.2. The predicted molar refractivity (Wildman–Crippen MR) is 107 cm³/mol. The summed E-state index contributed by atoms with van der Waals surface area (Å²) in [6, 6.07) is 0. The Kier molecular flexibility index (Phi) is 19.6. The average molecular weight is 375 g/mol. The molecule has 0 fully saturated rings. The molecule has 0 aliphatic carbocycles. The molecule has 148 valence electrons. The highest BCUT2D eigenvalue weighted by Crippen LogP contribution is 2.11. The Morgan fingerprint density at radius 3 is 2.20 bits per heavy atom. The molecule has 0 rings (SSSR count). The largest absolute Gasteiger partial charge is 0.389 e. The molecule has 0 bridgehead atoms. The summed E-state index contributed by atoms with van der Waals surface area (Å²) in [6.07, 6.45) is 18.4. The van der Waals surface area contributed by atoms with E-state index in [-0.39, 0.29) is 18.3 Å². The van der Waals surface area contributed by atoms with Gasteiger partial charge in [-0.25, -0.2) is 0 Å². The average Bonchev–Trinajstić information content (AvgIpc) is 2.62. The normalized spacial score (nSPS) is 12.8. The lowest BCUT2D eigenvalue weighted by molar-refractivity contribution is -0.114. The van der Waals surface area contributed by atoms with Crippen LogP contribution in [-0.2, 0) is 9.53 Å². The smallest absolute Gasteiger partial charge is 0.155 e. The molecule has 1 N–H and O–H groups in total.